The Bertz CT molecular complexity index is 1410. The van der Waals surface area contributed by atoms with Crippen molar-refractivity contribution in [1.82, 2.24) is 9.61 Å². The van der Waals surface area contributed by atoms with Crippen LogP contribution in [0.25, 0.3) is 5.52 Å². The Morgan fingerprint density at radius 3 is 2.88 bits per heavy atom. The van der Waals surface area contributed by atoms with Crippen molar-refractivity contribution >= 4 is 22.8 Å². The van der Waals surface area contributed by atoms with Gasteiger partial charge in [-0.15, -0.1) is 0 Å². The minimum atomic E-state index is -0.469. The smallest absolute Gasteiger partial charge is 0.259 e. The summed E-state index contributed by atoms with van der Waals surface area (Å²) in [5.41, 5.74) is 3.04. The summed E-state index contributed by atoms with van der Waals surface area (Å²) in [6.45, 7) is 0.688. The third-order valence-corrected chi connectivity index (χ3v) is 5.90. The van der Waals surface area contributed by atoms with Crippen molar-refractivity contribution < 1.29 is 13.6 Å². The molecule has 0 radical (unpaired) electrons. The molecular formula is C25H19F2N5O. The average molecular weight is 443 g/mol. The number of fused-ring (bicyclic) bond motifs is 1. The fourth-order valence-electron chi connectivity index (χ4n) is 4.36. The Labute approximate surface area is 188 Å². The van der Waals surface area contributed by atoms with E-state index in [1.54, 1.807) is 35.0 Å². The molecule has 2 aromatic carbocycles. The van der Waals surface area contributed by atoms with Gasteiger partial charge in [-0.25, -0.2) is 13.3 Å². The van der Waals surface area contributed by atoms with Gasteiger partial charge in [0.1, 0.15) is 11.6 Å². The second-order valence-corrected chi connectivity index (χ2v) is 7.94. The predicted octanol–water partition coefficient (Wildman–Crippen LogP) is 5.08. The molecule has 1 aliphatic heterocycles. The van der Waals surface area contributed by atoms with Crippen LogP contribution in [0.4, 0.5) is 20.2 Å². The SMILES string of the molecule is N#Cc1cccc(NC(=O)c2cnn3ccc(N4CCCC4c4cc(F)ccc4F)cc23)c1. The van der Waals surface area contributed by atoms with Crippen LogP contribution < -0.4 is 10.2 Å². The van der Waals surface area contributed by atoms with Crippen LogP contribution in [0.15, 0.2) is 67.0 Å². The number of hydrogen-bond acceptors (Lipinski definition) is 4. The molecule has 1 saturated heterocycles. The van der Waals surface area contributed by atoms with E-state index in [1.807, 2.05) is 23.1 Å². The van der Waals surface area contributed by atoms with Crippen LogP contribution in [-0.4, -0.2) is 22.1 Å². The number of benzene rings is 2. The van der Waals surface area contributed by atoms with E-state index in [2.05, 4.69) is 10.4 Å². The lowest BCUT2D eigenvalue weighted by molar-refractivity contribution is 0.102. The quantitative estimate of drug-likeness (QED) is 0.478. The summed E-state index contributed by atoms with van der Waals surface area (Å²) in [7, 11) is 0. The van der Waals surface area contributed by atoms with Gasteiger partial charge in [0, 0.05) is 29.7 Å². The molecule has 1 atom stereocenters. The molecule has 1 amide bonds. The standard InChI is InChI=1S/C25H19F2N5O/c26-17-6-7-22(27)20(12-17)23-5-2-9-31(23)19-8-10-32-24(13-19)21(15-29-32)25(33)30-18-4-1-3-16(11-18)14-28/h1,3-4,6-8,10-13,15,23H,2,5,9H2,(H,30,33). The highest BCUT2D eigenvalue weighted by molar-refractivity contribution is 6.09. The zero-order valence-corrected chi connectivity index (χ0v) is 17.5. The number of carbonyl (C=O) groups is 1. The molecule has 1 N–H and O–H groups in total. The molecule has 6 nitrogen and oxygen atoms in total. The minimum absolute atomic E-state index is 0.294. The van der Waals surface area contributed by atoms with E-state index in [0.29, 0.717) is 40.9 Å². The summed E-state index contributed by atoms with van der Waals surface area (Å²) in [5, 5.41) is 16.1. The molecule has 1 unspecified atom stereocenters. The molecule has 0 bridgehead atoms. The largest absolute Gasteiger partial charge is 0.364 e. The van der Waals surface area contributed by atoms with Crippen molar-refractivity contribution in [2.45, 2.75) is 18.9 Å². The van der Waals surface area contributed by atoms with Crippen LogP contribution in [-0.2, 0) is 0 Å². The van der Waals surface area contributed by atoms with E-state index in [9.17, 15) is 13.6 Å². The van der Waals surface area contributed by atoms with Crippen LogP contribution in [0, 0.1) is 23.0 Å². The lowest BCUT2D eigenvalue weighted by Gasteiger charge is -2.27. The predicted molar refractivity (Wildman–Crippen MR) is 120 cm³/mol. The Morgan fingerprint density at radius 1 is 1.15 bits per heavy atom. The van der Waals surface area contributed by atoms with E-state index in [0.717, 1.165) is 24.2 Å². The normalized spacial score (nSPS) is 15.5. The van der Waals surface area contributed by atoms with Gasteiger partial charge in [0.25, 0.3) is 5.91 Å². The lowest BCUT2D eigenvalue weighted by Crippen LogP contribution is -2.23. The summed E-state index contributed by atoms with van der Waals surface area (Å²) in [6.07, 6.45) is 4.77. The maximum atomic E-state index is 14.5. The summed E-state index contributed by atoms with van der Waals surface area (Å²) in [6, 6.07) is 15.6. The number of carbonyl (C=O) groups excluding carboxylic acids is 1. The van der Waals surface area contributed by atoms with E-state index in [4.69, 9.17) is 5.26 Å². The molecule has 4 aromatic rings. The minimum Gasteiger partial charge on any atom is -0.364 e. The maximum absolute atomic E-state index is 14.5. The number of aromatic nitrogens is 2. The van der Waals surface area contributed by atoms with Gasteiger partial charge < -0.3 is 10.2 Å². The molecule has 1 aliphatic rings. The molecule has 5 rings (SSSR count). The number of nitrogens with zero attached hydrogens (tertiary/aromatic N) is 4. The van der Waals surface area contributed by atoms with Gasteiger partial charge in [0.15, 0.2) is 0 Å². The van der Waals surface area contributed by atoms with E-state index in [1.165, 1.54) is 12.3 Å². The van der Waals surface area contributed by atoms with Crippen molar-refractivity contribution in [2.24, 2.45) is 0 Å². The van der Waals surface area contributed by atoms with Gasteiger partial charge in [0.2, 0.25) is 0 Å². The molecular weight excluding hydrogens is 424 g/mol. The van der Waals surface area contributed by atoms with Crippen molar-refractivity contribution in [2.75, 3.05) is 16.8 Å². The Hall–Kier alpha value is -4.25. The van der Waals surface area contributed by atoms with Gasteiger partial charge >= 0.3 is 0 Å². The zero-order chi connectivity index (χ0) is 22.9. The fourth-order valence-corrected chi connectivity index (χ4v) is 4.36. The van der Waals surface area contributed by atoms with E-state index >= 15 is 0 Å². The highest BCUT2D eigenvalue weighted by Crippen LogP contribution is 2.38. The second-order valence-electron chi connectivity index (χ2n) is 7.94. The Balaban J connectivity index is 1.47. The first-order valence-electron chi connectivity index (χ1n) is 10.5. The van der Waals surface area contributed by atoms with Gasteiger partial charge in [-0.3, -0.25) is 4.79 Å². The molecule has 0 aliphatic carbocycles. The van der Waals surface area contributed by atoms with Gasteiger partial charge in [-0.05, 0) is 61.4 Å². The average Bonchev–Trinajstić information content (AvgIpc) is 3.47. The first-order chi connectivity index (χ1) is 16.0. The van der Waals surface area contributed by atoms with Crippen molar-refractivity contribution in [3.63, 3.8) is 0 Å². The Morgan fingerprint density at radius 2 is 2.03 bits per heavy atom. The summed E-state index contributed by atoms with van der Waals surface area (Å²) >= 11 is 0. The lowest BCUT2D eigenvalue weighted by atomic mass is 10.0. The number of halogens is 2. The van der Waals surface area contributed by atoms with Crippen LogP contribution in [0.1, 0.15) is 40.4 Å². The first kappa shape index (κ1) is 20.6. The molecule has 2 aromatic heterocycles. The molecule has 33 heavy (non-hydrogen) atoms. The molecule has 0 spiro atoms. The molecule has 1 fully saturated rings. The first-order valence-corrected chi connectivity index (χ1v) is 10.5. The van der Waals surface area contributed by atoms with Crippen LogP contribution in [0.3, 0.4) is 0 Å². The number of hydrogen-bond donors (Lipinski definition) is 1. The van der Waals surface area contributed by atoms with Crippen molar-refractivity contribution in [3.8, 4) is 6.07 Å². The monoisotopic (exact) mass is 443 g/mol. The summed E-state index contributed by atoms with van der Waals surface area (Å²) in [5.74, 6) is -1.26. The summed E-state index contributed by atoms with van der Waals surface area (Å²) in [4.78, 5) is 15.0. The van der Waals surface area contributed by atoms with Crippen LogP contribution in [0.5, 0.6) is 0 Å². The third-order valence-electron chi connectivity index (χ3n) is 5.90. The van der Waals surface area contributed by atoms with Crippen molar-refractivity contribution in [1.29, 1.82) is 5.26 Å². The number of pyridine rings is 1. The highest BCUT2D eigenvalue weighted by atomic mass is 19.1. The molecule has 164 valence electrons. The van der Waals surface area contributed by atoms with E-state index < -0.39 is 11.6 Å². The van der Waals surface area contributed by atoms with Crippen LogP contribution in [0.2, 0.25) is 0 Å². The second kappa shape index (κ2) is 8.36. The number of amides is 1. The van der Waals surface area contributed by atoms with Gasteiger partial charge in [-0.2, -0.15) is 10.4 Å². The Kier molecular flexibility index (Phi) is 5.23. The summed E-state index contributed by atoms with van der Waals surface area (Å²) < 4.78 is 29.9. The molecule has 8 heteroatoms. The van der Waals surface area contributed by atoms with Crippen molar-refractivity contribution in [3.05, 3.63) is 95.3 Å². The number of nitriles is 1. The molecule has 3 heterocycles. The number of nitrogens with one attached hydrogen (secondary N) is 1. The molecule has 0 saturated carbocycles. The number of rotatable bonds is 4. The van der Waals surface area contributed by atoms with Crippen LogP contribution >= 0.6 is 0 Å². The topological polar surface area (TPSA) is 73.4 Å². The fraction of sp³-hybridized carbons (Fsp3) is 0.160. The third kappa shape index (κ3) is 3.89. The van der Waals surface area contributed by atoms with Gasteiger partial charge in [0.05, 0.1) is 35.0 Å². The maximum Gasteiger partial charge on any atom is 0.259 e. The highest BCUT2D eigenvalue weighted by Gasteiger charge is 2.29. The van der Waals surface area contributed by atoms with Gasteiger partial charge in [-0.1, -0.05) is 6.07 Å². The number of anilines is 2. The zero-order valence-electron chi connectivity index (χ0n) is 17.5. The van der Waals surface area contributed by atoms with E-state index in [-0.39, 0.29) is 11.9 Å².